The number of hydrogen-bond donors (Lipinski definition) is 2. The number of nitrogens with one attached hydrogen (secondary N) is 2. The fourth-order valence-electron chi connectivity index (χ4n) is 2.70. The van der Waals surface area contributed by atoms with E-state index >= 15 is 0 Å². The van der Waals surface area contributed by atoms with Crippen LogP contribution >= 0.6 is 11.8 Å². The summed E-state index contributed by atoms with van der Waals surface area (Å²) in [7, 11) is 0. The average molecular weight is 384 g/mol. The van der Waals surface area contributed by atoms with Gasteiger partial charge in [0.1, 0.15) is 0 Å². The largest absolute Gasteiger partial charge is 0.346 e. The lowest BCUT2D eigenvalue weighted by molar-refractivity contribution is -0.122. The summed E-state index contributed by atoms with van der Waals surface area (Å²) in [6, 6.07) is 5.77. The number of aromatic nitrogens is 4. The highest BCUT2D eigenvalue weighted by atomic mass is 32.2. The second-order valence-corrected chi connectivity index (χ2v) is 7.09. The lowest BCUT2D eigenvalue weighted by Crippen LogP contribution is -2.34. The highest BCUT2D eigenvalue weighted by molar-refractivity contribution is 7.99. The van der Waals surface area contributed by atoms with Crippen molar-refractivity contribution in [1.82, 2.24) is 24.9 Å². The second kappa shape index (κ2) is 8.17. The first-order valence-corrected chi connectivity index (χ1v) is 9.35. The zero-order valence-corrected chi connectivity index (χ0v) is 16.1. The summed E-state index contributed by atoms with van der Waals surface area (Å²) in [5.74, 6) is 0.0635. The van der Waals surface area contributed by atoms with E-state index in [1.54, 1.807) is 23.0 Å². The van der Waals surface area contributed by atoms with Crippen LogP contribution in [0.1, 0.15) is 16.7 Å². The average Bonchev–Trinajstić information content (AvgIpc) is 3.04. The molecule has 3 rings (SSSR count). The molecule has 9 heteroatoms. The van der Waals surface area contributed by atoms with E-state index in [1.165, 1.54) is 11.8 Å². The van der Waals surface area contributed by atoms with Crippen LogP contribution in [-0.4, -0.2) is 43.7 Å². The molecule has 0 saturated carbocycles. The molecule has 8 nitrogen and oxygen atoms in total. The number of anilines is 1. The predicted octanol–water partition coefficient (Wildman–Crippen LogP) is 1.90. The maximum atomic E-state index is 12.1. The van der Waals surface area contributed by atoms with Gasteiger partial charge in [-0.25, -0.2) is 9.50 Å². The Kier molecular flexibility index (Phi) is 5.70. The minimum atomic E-state index is -0.265. The van der Waals surface area contributed by atoms with Crippen molar-refractivity contribution >= 4 is 35.0 Å². The molecule has 0 atom stereocenters. The van der Waals surface area contributed by atoms with Crippen molar-refractivity contribution < 1.29 is 9.59 Å². The minimum Gasteiger partial charge on any atom is -0.346 e. The number of nitrogens with zero attached hydrogens (tertiary/aromatic N) is 4. The van der Waals surface area contributed by atoms with E-state index in [0.29, 0.717) is 10.9 Å². The Balaban J connectivity index is 1.48. The van der Waals surface area contributed by atoms with Crippen molar-refractivity contribution in [3.05, 3.63) is 47.3 Å². The molecule has 0 aliphatic rings. The number of thioether (sulfide) groups is 1. The van der Waals surface area contributed by atoms with E-state index in [-0.39, 0.29) is 24.1 Å². The van der Waals surface area contributed by atoms with Crippen LogP contribution < -0.4 is 10.6 Å². The predicted molar refractivity (Wildman–Crippen MR) is 104 cm³/mol. The third kappa shape index (κ3) is 4.82. The molecule has 0 bridgehead atoms. The third-order valence-electron chi connectivity index (χ3n) is 3.82. The molecule has 3 aromatic rings. The lowest BCUT2D eigenvalue weighted by Gasteiger charge is -2.13. The Morgan fingerprint density at radius 3 is 2.59 bits per heavy atom. The van der Waals surface area contributed by atoms with Crippen LogP contribution in [0.3, 0.4) is 0 Å². The van der Waals surface area contributed by atoms with Gasteiger partial charge in [-0.15, -0.1) is 5.10 Å². The van der Waals surface area contributed by atoms with E-state index in [4.69, 9.17) is 0 Å². The molecule has 0 spiro atoms. The monoisotopic (exact) mass is 384 g/mol. The van der Waals surface area contributed by atoms with Crippen LogP contribution in [0.15, 0.2) is 35.7 Å². The van der Waals surface area contributed by atoms with E-state index in [0.717, 1.165) is 22.4 Å². The van der Waals surface area contributed by atoms with Crippen molar-refractivity contribution in [2.24, 2.45) is 0 Å². The summed E-state index contributed by atoms with van der Waals surface area (Å²) >= 11 is 1.19. The van der Waals surface area contributed by atoms with E-state index < -0.39 is 0 Å². The molecule has 0 aliphatic carbocycles. The molecule has 0 radical (unpaired) electrons. The number of benzene rings is 1. The van der Waals surface area contributed by atoms with Gasteiger partial charge in [-0.3, -0.25) is 9.59 Å². The SMILES string of the molecule is Cc1cc(C)c(NC(=O)CNC(=O)CSc2nc3ncccn3n2)c(C)c1. The quantitative estimate of drug-likeness (QED) is 0.630. The number of hydrogen-bond acceptors (Lipinski definition) is 6. The number of amides is 2. The molecule has 2 N–H and O–H groups in total. The molecule has 2 amide bonds. The van der Waals surface area contributed by atoms with Gasteiger partial charge in [0.25, 0.3) is 5.78 Å². The van der Waals surface area contributed by atoms with Crippen molar-refractivity contribution in [3.63, 3.8) is 0 Å². The Hall–Kier alpha value is -2.94. The molecular formula is C18H20N6O2S. The van der Waals surface area contributed by atoms with Gasteiger partial charge >= 0.3 is 0 Å². The van der Waals surface area contributed by atoms with E-state index in [9.17, 15) is 9.59 Å². The topological polar surface area (TPSA) is 101 Å². The van der Waals surface area contributed by atoms with Gasteiger partial charge in [0, 0.05) is 18.1 Å². The molecule has 140 valence electrons. The number of carbonyl (C=O) groups excluding carboxylic acids is 2. The minimum absolute atomic E-state index is 0.0910. The molecule has 0 aliphatic heterocycles. The first-order chi connectivity index (χ1) is 12.9. The highest BCUT2D eigenvalue weighted by Gasteiger charge is 2.11. The highest BCUT2D eigenvalue weighted by Crippen LogP contribution is 2.21. The first kappa shape index (κ1) is 18.8. The van der Waals surface area contributed by atoms with Gasteiger partial charge in [-0.05, 0) is 38.0 Å². The molecule has 1 aromatic carbocycles. The summed E-state index contributed by atoms with van der Waals surface area (Å²) in [4.78, 5) is 32.4. The van der Waals surface area contributed by atoms with Crippen molar-refractivity contribution in [3.8, 4) is 0 Å². The number of carbonyl (C=O) groups is 2. The van der Waals surface area contributed by atoms with E-state index in [1.807, 2.05) is 32.9 Å². The summed E-state index contributed by atoms with van der Waals surface area (Å²) in [5.41, 5.74) is 3.92. The molecular weight excluding hydrogens is 364 g/mol. The van der Waals surface area contributed by atoms with Gasteiger partial charge in [0.2, 0.25) is 17.0 Å². The van der Waals surface area contributed by atoms with Gasteiger partial charge in [0.05, 0.1) is 12.3 Å². The smallest absolute Gasteiger partial charge is 0.253 e. The van der Waals surface area contributed by atoms with Crippen LogP contribution in [-0.2, 0) is 9.59 Å². The van der Waals surface area contributed by atoms with Crippen LogP contribution in [0.4, 0.5) is 5.69 Å². The van der Waals surface area contributed by atoms with Gasteiger partial charge in [0.15, 0.2) is 0 Å². The summed E-state index contributed by atoms with van der Waals surface area (Å²) in [5, 5.41) is 10.1. The number of rotatable bonds is 6. The summed E-state index contributed by atoms with van der Waals surface area (Å²) in [6.45, 7) is 5.81. The van der Waals surface area contributed by atoms with Crippen molar-refractivity contribution in [2.45, 2.75) is 25.9 Å². The zero-order valence-electron chi connectivity index (χ0n) is 15.3. The Bertz CT molecular complexity index is 944. The van der Waals surface area contributed by atoms with Crippen LogP contribution in [0, 0.1) is 20.8 Å². The number of aryl methyl sites for hydroxylation is 3. The van der Waals surface area contributed by atoms with E-state index in [2.05, 4.69) is 25.7 Å². The van der Waals surface area contributed by atoms with Gasteiger partial charge in [-0.2, -0.15) is 4.98 Å². The third-order valence-corrected chi connectivity index (χ3v) is 4.65. The standard InChI is InChI=1S/C18H20N6O2S/c1-11-7-12(2)16(13(3)8-11)21-14(25)9-20-15(26)10-27-18-22-17-19-5-4-6-24(17)23-18/h4-8H,9-10H2,1-3H3,(H,20,26)(H,21,25). The fourth-order valence-corrected chi connectivity index (χ4v) is 3.35. The Morgan fingerprint density at radius 2 is 1.89 bits per heavy atom. The normalized spacial score (nSPS) is 10.8. The maximum absolute atomic E-state index is 12.1. The number of fused-ring (bicyclic) bond motifs is 1. The summed E-state index contributed by atoms with van der Waals surface area (Å²) < 4.78 is 1.54. The lowest BCUT2D eigenvalue weighted by atomic mass is 10.1. The first-order valence-electron chi connectivity index (χ1n) is 8.37. The molecule has 2 aromatic heterocycles. The second-order valence-electron chi connectivity index (χ2n) is 6.15. The maximum Gasteiger partial charge on any atom is 0.253 e. The molecule has 0 fully saturated rings. The fraction of sp³-hybridized carbons (Fsp3) is 0.278. The van der Waals surface area contributed by atoms with Gasteiger partial charge in [-0.1, -0.05) is 29.5 Å². The molecule has 0 unspecified atom stereocenters. The molecule has 0 saturated heterocycles. The van der Waals surface area contributed by atoms with Crippen LogP contribution in [0.25, 0.3) is 5.78 Å². The van der Waals surface area contributed by atoms with Crippen molar-refractivity contribution in [2.75, 3.05) is 17.6 Å². The Labute approximate surface area is 160 Å². The van der Waals surface area contributed by atoms with Crippen LogP contribution in [0.5, 0.6) is 0 Å². The Morgan fingerprint density at radius 1 is 1.15 bits per heavy atom. The van der Waals surface area contributed by atoms with Crippen LogP contribution in [0.2, 0.25) is 0 Å². The summed E-state index contributed by atoms with van der Waals surface area (Å²) in [6.07, 6.45) is 3.36. The van der Waals surface area contributed by atoms with Gasteiger partial charge < -0.3 is 10.6 Å². The van der Waals surface area contributed by atoms with Crippen molar-refractivity contribution in [1.29, 1.82) is 0 Å². The molecule has 2 heterocycles. The zero-order chi connectivity index (χ0) is 19.4. The molecule has 27 heavy (non-hydrogen) atoms.